The zero-order valence-corrected chi connectivity index (χ0v) is 12.5. The summed E-state index contributed by atoms with van der Waals surface area (Å²) in [6.45, 7) is 1.99. The van der Waals surface area contributed by atoms with Crippen LogP contribution in [0.2, 0.25) is 10.0 Å². The average molecular weight is 300 g/mol. The van der Waals surface area contributed by atoms with E-state index in [0.717, 1.165) is 16.9 Å². The van der Waals surface area contributed by atoms with Gasteiger partial charge in [-0.1, -0.05) is 23.2 Å². The number of benzene rings is 1. The van der Waals surface area contributed by atoms with Crippen LogP contribution < -0.4 is 10.1 Å². The molecule has 1 aromatic carbocycles. The van der Waals surface area contributed by atoms with E-state index in [1.807, 2.05) is 20.0 Å². The molecule has 1 N–H and O–H groups in total. The van der Waals surface area contributed by atoms with Gasteiger partial charge in [0.05, 0.1) is 24.4 Å². The fourth-order valence-corrected chi connectivity index (χ4v) is 2.54. The van der Waals surface area contributed by atoms with Crippen molar-refractivity contribution in [3.05, 3.63) is 51.4 Å². The first-order valence-corrected chi connectivity index (χ1v) is 6.58. The topological polar surface area (TPSA) is 34.4 Å². The molecule has 0 saturated carbocycles. The van der Waals surface area contributed by atoms with Gasteiger partial charge in [-0.3, -0.25) is 0 Å². The number of halogens is 2. The van der Waals surface area contributed by atoms with Crippen LogP contribution in [0, 0.1) is 6.92 Å². The van der Waals surface area contributed by atoms with E-state index in [4.69, 9.17) is 32.4 Å². The van der Waals surface area contributed by atoms with Crippen molar-refractivity contribution in [2.24, 2.45) is 0 Å². The molecule has 3 nitrogen and oxygen atoms in total. The Balaban J connectivity index is 2.50. The molecule has 1 heterocycles. The zero-order valence-electron chi connectivity index (χ0n) is 11.0. The second-order valence-electron chi connectivity index (χ2n) is 4.20. The second-order valence-corrected chi connectivity index (χ2v) is 5.01. The predicted molar refractivity (Wildman–Crippen MR) is 77.4 cm³/mol. The lowest BCUT2D eigenvalue weighted by Crippen LogP contribution is -2.18. The molecule has 0 aliphatic heterocycles. The Hall–Kier alpha value is -1.16. The van der Waals surface area contributed by atoms with Crippen molar-refractivity contribution in [3.63, 3.8) is 0 Å². The van der Waals surface area contributed by atoms with Gasteiger partial charge in [0.2, 0.25) is 0 Å². The first-order chi connectivity index (χ1) is 9.08. The summed E-state index contributed by atoms with van der Waals surface area (Å²) in [5, 5.41) is 4.29. The minimum absolute atomic E-state index is 0.147. The minimum Gasteiger partial charge on any atom is -0.495 e. The van der Waals surface area contributed by atoms with Crippen molar-refractivity contribution >= 4 is 23.2 Å². The molecule has 0 aliphatic carbocycles. The summed E-state index contributed by atoms with van der Waals surface area (Å²) < 4.78 is 10.7. The van der Waals surface area contributed by atoms with Crippen LogP contribution in [0.15, 0.2) is 28.9 Å². The summed E-state index contributed by atoms with van der Waals surface area (Å²) in [7, 11) is 3.41. The van der Waals surface area contributed by atoms with Gasteiger partial charge in [-0.05, 0) is 37.2 Å². The molecule has 1 aromatic heterocycles. The fraction of sp³-hybridized carbons (Fsp3) is 0.286. The second kappa shape index (κ2) is 5.87. The van der Waals surface area contributed by atoms with E-state index >= 15 is 0 Å². The van der Waals surface area contributed by atoms with Crippen molar-refractivity contribution < 1.29 is 9.15 Å². The molecule has 102 valence electrons. The predicted octanol–water partition coefficient (Wildman–Crippen LogP) is 4.21. The van der Waals surface area contributed by atoms with Crippen LogP contribution in [0.1, 0.15) is 22.9 Å². The van der Waals surface area contributed by atoms with Gasteiger partial charge in [0.25, 0.3) is 0 Å². The molecule has 0 radical (unpaired) electrons. The van der Waals surface area contributed by atoms with E-state index in [-0.39, 0.29) is 6.04 Å². The quantitative estimate of drug-likeness (QED) is 0.918. The van der Waals surface area contributed by atoms with Gasteiger partial charge in [0.1, 0.15) is 11.5 Å². The van der Waals surface area contributed by atoms with Crippen LogP contribution in [0.25, 0.3) is 0 Å². The summed E-state index contributed by atoms with van der Waals surface area (Å²) in [6, 6.07) is 5.28. The molecule has 1 unspecified atom stereocenters. The first-order valence-electron chi connectivity index (χ1n) is 5.82. The van der Waals surface area contributed by atoms with Crippen molar-refractivity contribution in [2.45, 2.75) is 13.0 Å². The molecule has 0 saturated heterocycles. The molecule has 1 atom stereocenters. The third kappa shape index (κ3) is 2.73. The zero-order chi connectivity index (χ0) is 14.0. The van der Waals surface area contributed by atoms with Crippen LogP contribution in [0.3, 0.4) is 0 Å². The van der Waals surface area contributed by atoms with Crippen molar-refractivity contribution in [1.29, 1.82) is 0 Å². The molecule has 5 heteroatoms. The van der Waals surface area contributed by atoms with E-state index in [9.17, 15) is 0 Å². The first kappa shape index (κ1) is 14.3. The van der Waals surface area contributed by atoms with Gasteiger partial charge in [-0.15, -0.1) is 0 Å². The maximum Gasteiger partial charge on any atom is 0.138 e. The number of furan rings is 1. The summed E-state index contributed by atoms with van der Waals surface area (Å²) in [4.78, 5) is 0. The molecule has 0 bridgehead atoms. The molecular formula is C14H15Cl2NO2. The third-order valence-corrected chi connectivity index (χ3v) is 3.66. The highest BCUT2D eigenvalue weighted by Crippen LogP contribution is 2.36. The Bertz CT molecular complexity index is 581. The number of ether oxygens (including phenoxy) is 1. The maximum atomic E-state index is 6.30. The van der Waals surface area contributed by atoms with Crippen molar-refractivity contribution in [3.8, 4) is 5.75 Å². The normalized spacial score (nSPS) is 12.5. The SMILES string of the molecule is CNC(c1cc(Cl)c(OC)cc1Cl)c1occc1C. The minimum atomic E-state index is -0.147. The van der Waals surface area contributed by atoms with Gasteiger partial charge in [-0.2, -0.15) is 0 Å². The lowest BCUT2D eigenvalue weighted by molar-refractivity contribution is 0.414. The number of hydrogen-bond donors (Lipinski definition) is 1. The van der Waals surface area contributed by atoms with Crippen LogP contribution in [-0.4, -0.2) is 14.2 Å². The molecule has 19 heavy (non-hydrogen) atoms. The van der Waals surface area contributed by atoms with Crippen LogP contribution in [0.5, 0.6) is 5.75 Å². The van der Waals surface area contributed by atoms with Crippen LogP contribution >= 0.6 is 23.2 Å². The summed E-state index contributed by atoms with van der Waals surface area (Å²) in [6.07, 6.45) is 1.66. The molecule has 0 spiro atoms. The largest absolute Gasteiger partial charge is 0.495 e. The van der Waals surface area contributed by atoms with Crippen LogP contribution in [-0.2, 0) is 0 Å². The molecule has 2 rings (SSSR count). The molecule has 0 aliphatic rings. The lowest BCUT2D eigenvalue weighted by atomic mass is 10.0. The molecule has 2 aromatic rings. The van der Waals surface area contributed by atoms with Gasteiger partial charge in [0.15, 0.2) is 0 Å². The van der Waals surface area contributed by atoms with Crippen molar-refractivity contribution in [2.75, 3.05) is 14.2 Å². The van der Waals surface area contributed by atoms with E-state index in [1.165, 1.54) is 0 Å². The molecule has 0 amide bonds. The van der Waals surface area contributed by atoms with Gasteiger partial charge >= 0.3 is 0 Å². The maximum absolute atomic E-state index is 6.30. The third-order valence-electron chi connectivity index (χ3n) is 3.03. The smallest absolute Gasteiger partial charge is 0.138 e. The van der Waals surface area contributed by atoms with E-state index < -0.39 is 0 Å². The summed E-state index contributed by atoms with van der Waals surface area (Å²) in [5.74, 6) is 1.38. The molecule has 0 fully saturated rings. The van der Waals surface area contributed by atoms with E-state index in [1.54, 1.807) is 25.5 Å². The average Bonchev–Trinajstić information content (AvgIpc) is 2.80. The Labute approximate surface area is 122 Å². The highest BCUT2D eigenvalue weighted by atomic mass is 35.5. The van der Waals surface area contributed by atoms with Crippen molar-refractivity contribution in [1.82, 2.24) is 5.32 Å². The standard InChI is InChI=1S/C14H15Cl2NO2/c1-8-4-5-19-14(8)13(17-2)9-6-11(16)12(18-3)7-10(9)15/h4-7,13,17H,1-3H3. The number of methoxy groups -OCH3 is 1. The van der Waals surface area contributed by atoms with Gasteiger partial charge < -0.3 is 14.5 Å². The number of rotatable bonds is 4. The summed E-state index contributed by atoms with van der Waals surface area (Å²) in [5.41, 5.74) is 1.91. The van der Waals surface area contributed by atoms with E-state index in [2.05, 4.69) is 5.32 Å². The lowest BCUT2D eigenvalue weighted by Gasteiger charge is -2.18. The highest BCUT2D eigenvalue weighted by Gasteiger charge is 2.21. The Morgan fingerprint density at radius 3 is 2.53 bits per heavy atom. The van der Waals surface area contributed by atoms with Gasteiger partial charge in [-0.25, -0.2) is 0 Å². The number of aryl methyl sites for hydroxylation is 1. The Morgan fingerprint density at radius 1 is 1.26 bits per heavy atom. The van der Waals surface area contributed by atoms with Crippen LogP contribution in [0.4, 0.5) is 0 Å². The van der Waals surface area contributed by atoms with Gasteiger partial charge in [0, 0.05) is 11.1 Å². The highest BCUT2D eigenvalue weighted by molar-refractivity contribution is 6.34. The Morgan fingerprint density at radius 2 is 2.00 bits per heavy atom. The number of hydrogen-bond acceptors (Lipinski definition) is 3. The van der Waals surface area contributed by atoms with E-state index in [0.29, 0.717) is 15.8 Å². The summed E-state index contributed by atoms with van der Waals surface area (Å²) >= 11 is 12.5. The number of nitrogens with one attached hydrogen (secondary N) is 1. The monoisotopic (exact) mass is 299 g/mol. The molecular weight excluding hydrogens is 285 g/mol. The fourth-order valence-electron chi connectivity index (χ4n) is 2.03. The Kier molecular flexibility index (Phi) is 4.40.